The molecule has 23 heavy (non-hydrogen) atoms. The van der Waals surface area contributed by atoms with Crippen molar-refractivity contribution in [3.05, 3.63) is 35.4 Å². The van der Waals surface area contributed by atoms with Crippen LogP contribution >= 0.6 is 6.92 Å². The van der Waals surface area contributed by atoms with Crippen LogP contribution in [0.15, 0.2) is 23.2 Å². The molecule has 1 aromatic carbocycles. The van der Waals surface area contributed by atoms with Crippen molar-refractivity contribution in [1.29, 1.82) is 0 Å². The monoisotopic (exact) mass is 362 g/mol. The van der Waals surface area contributed by atoms with Gasteiger partial charge in [0.05, 0.1) is 19.5 Å². The van der Waals surface area contributed by atoms with Gasteiger partial charge in [-0.1, -0.05) is 11.8 Å². The highest BCUT2D eigenvalue weighted by Gasteiger charge is 2.21. The van der Waals surface area contributed by atoms with Crippen molar-refractivity contribution >= 4 is 24.8 Å². The van der Waals surface area contributed by atoms with Gasteiger partial charge in [-0.3, -0.25) is 0 Å². The minimum Gasteiger partial charge on any atom is -0.463 e. The molecule has 1 aromatic rings. The molecule has 0 aromatic heterocycles. The van der Waals surface area contributed by atoms with Crippen LogP contribution in [-0.2, 0) is 21.1 Å². The fourth-order valence-electron chi connectivity index (χ4n) is 2.28. The lowest BCUT2D eigenvalue weighted by molar-refractivity contribution is 0.348. The number of benzene rings is 1. The largest absolute Gasteiger partial charge is 0.463 e. The van der Waals surface area contributed by atoms with Crippen LogP contribution in [0.25, 0.3) is 0 Å². The average molecular weight is 362 g/mol. The van der Waals surface area contributed by atoms with E-state index in [1.165, 1.54) is 12.1 Å². The molecular formula is C15H21F2N2O2PS. The maximum absolute atomic E-state index is 13.3. The lowest BCUT2D eigenvalue weighted by atomic mass is 10.1. The van der Waals surface area contributed by atoms with Crippen LogP contribution in [0.4, 0.5) is 8.78 Å². The Kier molecular flexibility index (Phi) is 6.93. The minimum absolute atomic E-state index is 0.393. The summed E-state index contributed by atoms with van der Waals surface area (Å²) in [7, 11) is 0. The Balaban J connectivity index is 2.03. The van der Waals surface area contributed by atoms with Crippen molar-refractivity contribution in [2.24, 2.45) is 4.99 Å². The molecule has 128 valence electrons. The van der Waals surface area contributed by atoms with E-state index < -0.39 is 24.6 Å². The third-order valence-electron chi connectivity index (χ3n) is 3.43. The first-order valence-electron chi connectivity index (χ1n) is 7.56. The van der Waals surface area contributed by atoms with Crippen LogP contribution in [0.5, 0.6) is 0 Å². The van der Waals surface area contributed by atoms with Gasteiger partial charge in [0.1, 0.15) is 18.2 Å². The van der Waals surface area contributed by atoms with E-state index in [0.717, 1.165) is 25.3 Å². The predicted molar refractivity (Wildman–Crippen MR) is 91.9 cm³/mol. The fourth-order valence-corrected chi connectivity index (χ4v) is 3.82. The molecule has 8 heteroatoms. The summed E-state index contributed by atoms with van der Waals surface area (Å²) in [5, 5.41) is 0. The van der Waals surface area contributed by atoms with Gasteiger partial charge in [0.25, 0.3) is 6.02 Å². The Morgan fingerprint density at radius 2 is 2.09 bits per heavy atom. The van der Waals surface area contributed by atoms with Crippen LogP contribution in [0, 0.1) is 11.6 Å². The van der Waals surface area contributed by atoms with Crippen LogP contribution in [0.1, 0.15) is 25.5 Å². The zero-order chi connectivity index (χ0) is 16.8. The zero-order valence-corrected chi connectivity index (χ0v) is 15.0. The van der Waals surface area contributed by atoms with Crippen molar-refractivity contribution in [3.63, 3.8) is 0 Å². The van der Waals surface area contributed by atoms with E-state index in [1.54, 1.807) is 6.92 Å². The fraction of sp³-hybridized carbons (Fsp3) is 0.533. The van der Waals surface area contributed by atoms with Gasteiger partial charge in [0.15, 0.2) is 0 Å². The van der Waals surface area contributed by atoms with Gasteiger partial charge in [0.2, 0.25) is 0 Å². The van der Waals surface area contributed by atoms with Crippen LogP contribution in [0.2, 0.25) is 0 Å². The molecule has 0 spiro atoms. The average Bonchev–Trinajstić information content (AvgIpc) is 2.91. The second-order valence-corrected chi connectivity index (χ2v) is 8.08. The molecule has 1 heterocycles. The minimum atomic E-state index is -1.21. The molecule has 2 unspecified atom stereocenters. The van der Waals surface area contributed by atoms with E-state index in [1.807, 2.05) is 11.8 Å². The van der Waals surface area contributed by atoms with Crippen molar-refractivity contribution in [2.75, 3.05) is 32.5 Å². The summed E-state index contributed by atoms with van der Waals surface area (Å²) in [6, 6.07) is 3.54. The van der Waals surface area contributed by atoms with Crippen LogP contribution < -0.4 is 0 Å². The summed E-state index contributed by atoms with van der Waals surface area (Å²) in [4.78, 5) is 6.46. The number of hydrogen-bond acceptors (Lipinski definition) is 4. The number of ether oxygens (including phenoxy) is 1. The topological polar surface area (TPSA) is 34.1 Å². The first-order valence-corrected chi connectivity index (χ1v) is 10.3. The normalized spacial score (nSPS) is 19.0. The summed E-state index contributed by atoms with van der Waals surface area (Å²) in [5.74, 6) is -1.21. The second kappa shape index (κ2) is 8.71. The van der Waals surface area contributed by atoms with Gasteiger partial charge in [-0.2, -0.15) is 0 Å². The summed E-state index contributed by atoms with van der Waals surface area (Å²) < 4.78 is 37.6. The summed E-state index contributed by atoms with van der Waals surface area (Å²) in [5.41, 5.74) is 0.479. The number of aliphatic imine (C=N–C) groups is 1. The zero-order valence-electron chi connectivity index (χ0n) is 13.2. The van der Waals surface area contributed by atoms with E-state index in [9.17, 15) is 8.78 Å². The third kappa shape index (κ3) is 5.52. The molecular weight excluding hydrogens is 341 g/mol. The highest BCUT2D eigenvalue weighted by molar-refractivity contribution is 8.02. The molecule has 2 rings (SSSR count). The van der Waals surface area contributed by atoms with Gasteiger partial charge >= 0.3 is 0 Å². The van der Waals surface area contributed by atoms with E-state index >= 15 is 0 Å². The molecule has 0 aliphatic carbocycles. The Morgan fingerprint density at radius 1 is 1.39 bits per heavy atom. The molecule has 1 aliphatic heterocycles. The maximum atomic E-state index is 13.3. The molecule has 0 radical (unpaired) electrons. The molecule has 4 nitrogen and oxygen atoms in total. The van der Waals surface area contributed by atoms with E-state index in [4.69, 9.17) is 21.1 Å². The van der Waals surface area contributed by atoms with Crippen LogP contribution in [-0.4, -0.2) is 43.4 Å². The standard InChI is InChI=1S/C15H21F2N2O2PS/c1-3-21-22(23)7-5-19-4-6-20-15(19)18-11(2)12-8-13(16)10-14(17)9-12/h8-11,22H,3-7H2,1-2H3. The number of halogens is 2. The van der Waals surface area contributed by atoms with Crippen LogP contribution in [0.3, 0.4) is 0 Å². The lowest BCUT2D eigenvalue weighted by Crippen LogP contribution is -2.28. The summed E-state index contributed by atoms with van der Waals surface area (Å²) in [6.07, 6.45) is 0.791. The number of rotatable bonds is 7. The molecule has 1 saturated heterocycles. The van der Waals surface area contributed by atoms with Crippen molar-refractivity contribution in [1.82, 2.24) is 4.90 Å². The Morgan fingerprint density at radius 3 is 2.74 bits per heavy atom. The number of amidine groups is 1. The highest BCUT2D eigenvalue weighted by Crippen LogP contribution is 2.24. The Hall–Kier alpha value is -1.04. The van der Waals surface area contributed by atoms with Gasteiger partial charge in [-0.15, -0.1) is 0 Å². The van der Waals surface area contributed by atoms with E-state index in [-0.39, 0.29) is 0 Å². The van der Waals surface area contributed by atoms with Crippen molar-refractivity contribution in [3.8, 4) is 0 Å². The first kappa shape index (κ1) is 18.3. The Labute approximate surface area is 141 Å². The predicted octanol–water partition coefficient (Wildman–Crippen LogP) is 3.34. The van der Waals surface area contributed by atoms with Gasteiger partial charge in [-0.05, 0) is 31.5 Å². The molecule has 2 atom stereocenters. The second-order valence-electron chi connectivity index (χ2n) is 5.18. The summed E-state index contributed by atoms with van der Waals surface area (Å²) >= 11 is 5.29. The van der Waals surface area contributed by atoms with Gasteiger partial charge < -0.3 is 14.2 Å². The summed E-state index contributed by atoms with van der Waals surface area (Å²) in [6.45, 7) is 5.15. The SMILES string of the molecule is CCO[PH](=S)CCN1CCOC1=NC(C)c1cc(F)cc(F)c1. The smallest absolute Gasteiger partial charge is 0.288 e. The quantitative estimate of drug-likeness (QED) is 0.697. The van der Waals surface area contributed by atoms with Gasteiger partial charge in [0, 0.05) is 25.4 Å². The van der Waals surface area contributed by atoms with Gasteiger partial charge in [-0.25, -0.2) is 13.8 Å². The maximum Gasteiger partial charge on any atom is 0.288 e. The molecule has 0 bridgehead atoms. The molecule has 1 aliphatic rings. The number of hydrogen-bond donors (Lipinski definition) is 0. The highest BCUT2D eigenvalue weighted by atomic mass is 32.4. The Bertz CT molecular complexity index is 581. The first-order chi connectivity index (χ1) is 11.0. The van der Waals surface area contributed by atoms with E-state index in [0.29, 0.717) is 24.8 Å². The third-order valence-corrected chi connectivity index (χ3v) is 5.63. The molecule has 0 saturated carbocycles. The molecule has 0 amide bonds. The molecule has 1 fully saturated rings. The number of nitrogens with zero attached hydrogens (tertiary/aromatic N) is 2. The van der Waals surface area contributed by atoms with Crippen molar-refractivity contribution in [2.45, 2.75) is 19.9 Å². The molecule has 0 N–H and O–H groups in total. The lowest BCUT2D eigenvalue weighted by Gasteiger charge is -2.18. The van der Waals surface area contributed by atoms with Crippen molar-refractivity contribution < 1.29 is 18.0 Å². The van der Waals surface area contributed by atoms with E-state index in [2.05, 4.69) is 4.99 Å².